The first kappa shape index (κ1) is 74.7. The molecule has 484 valence electrons. The molecule has 11 amide bonds. The van der Waals surface area contributed by atoms with Gasteiger partial charge >= 0.3 is 5.97 Å². The second-order valence-corrected chi connectivity index (χ2v) is 21.4. The molecule has 1 fully saturated rings. The first-order valence-corrected chi connectivity index (χ1v) is 29.2. The highest BCUT2D eigenvalue weighted by molar-refractivity contribution is 5.99. The van der Waals surface area contributed by atoms with Gasteiger partial charge in [-0.1, -0.05) is 57.5 Å². The van der Waals surface area contributed by atoms with E-state index in [9.17, 15) is 67.7 Å². The predicted molar refractivity (Wildman–Crippen MR) is 313 cm³/mol. The van der Waals surface area contributed by atoms with Gasteiger partial charge in [0.1, 0.15) is 60.4 Å². The van der Waals surface area contributed by atoms with Crippen molar-refractivity contribution in [1.82, 2.24) is 58.5 Å². The lowest BCUT2D eigenvalue weighted by Gasteiger charge is -2.29. The van der Waals surface area contributed by atoms with Gasteiger partial charge in [0.15, 0.2) is 0 Å². The van der Waals surface area contributed by atoms with E-state index in [-0.39, 0.29) is 103 Å². The van der Waals surface area contributed by atoms with Crippen molar-refractivity contribution in [2.45, 2.75) is 184 Å². The maximum absolute atomic E-state index is 14.5. The van der Waals surface area contributed by atoms with Gasteiger partial charge in [0.05, 0.1) is 25.2 Å². The van der Waals surface area contributed by atoms with Crippen molar-refractivity contribution in [2.75, 3.05) is 45.9 Å². The number of rotatable bonds is 29. The Balaban J connectivity index is 2.67. The lowest BCUT2D eigenvalue weighted by molar-refractivity contribution is -0.145. The number of benzene rings is 1. The number of unbranched alkanes of at least 4 members (excludes halogenated alkanes) is 1. The number of esters is 1. The van der Waals surface area contributed by atoms with Gasteiger partial charge in [-0.25, -0.2) is 0 Å². The van der Waals surface area contributed by atoms with E-state index in [1.807, 2.05) is 6.92 Å². The third kappa shape index (κ3) is 26.9. The van der Waals surface area contributed by atoms with E-state index in [1.165, 1.54) is 6.92 Å². The second-order valence-electron chi connectivity index (χ2n) is 21.4. The largest absolute Gasteiger partial charge is 0.466 e. The SMILES string of the molecule is CCCCOC(=O)CCC(=O)N[C@@H](CCN)C(=O)N[C@H](C(=O)N[C@@H](CCN)C(=O)N[C@H]1CCNC(=O)[C@H]([C@H](C)O)NC(=O)[C@H](CCN)NC(=O)[C@H](CCN)NC(=O)[C@H](CC(C)C)NC(=O)[C@@H](Cc2ccccc2)NC(=O)[C@H](CCN)NC1=O)C(C)O. The van der Waals surface area contributed by atoms with Crippen LogP contribution in [0, 0.1) is 5.92 Å². The third-order valence-corrected chi connectivity index (χ3v) is 13.5. The lowest BCUT2D eigenvalue weighted by Crippen LogP contribution is -2.62. The lowest BCUT2D eigenvalue weighted by atomic mass is 10.00. The fourth-order valence-electron chi connectivity index (χ4n) is 8.76. The number of hydrogen-bond acceptors (Lipinski definition) is 20. The topological polar surface area (TPSA) is 517 Å². The summed E-state index contributed by atoms with van der Waals surface area (Å²) < 4.78 is 5.07. The summed E-state index contributed by atoms with van der Waals surface area (Å²) >= 11 is 0. The number of nitrogens with one attached hydrogen (secondary N) is 11. The van der Waals surface area contributed by atoms with Crippen molar-refractivity contribution in [1.29, 1.82) is 0 Å². The third-order valence-electron chi connectivity index (χ3n) is 13.5. The molecule has 31 heteroatoms. The van der Waals surface area contributed by atoms with Crippen LogP contribution in [-0.2, 0) is 68.7 Å². The number of aliphatic hydroxyl groups is 2. The summed E-state index contributed by atoms with van der Waals surface area (Å²) in [6.45, 7) is 6.63. The van der Waals surface area contributed by atoms with Gasteiger partial charge in [-0.2, -0.15) is 0 Å². The summed E-state index contributed by atoms with van der Waals surface area (Å²) in [6.07, 6.45) is -4.03. The summed E-state index contributed by atoms with van der Waals surface area (Å²) in [7, 11) is 0. The monoisotopic (exact) mass is 1220 g/mol. The van der Waals surface area contributed by atoms with Crippen LogP contribution in [0.15, 0.2) is 30.3 Å². The molecule has 1 aromatic rings. The Morgan fingerprint density at radius 2 is 1.09 bits per heavy atom. The average molecular weight is 1220 g/mol. The zero-order valence-electron chi connectivity index (χ0n) is 49.9. The number of aliphatic hydroxyl groups excluding tert-OH is 2. The maximum Gasteiger partial charge on any atom is 0.306 e. The van der Waals surface area contributed by atoms with Gasteiger partial charge in [0.25, 0.3) is 0 Å². The number of hydrogen-bond donors (Lipinski definition) is 18. The highest BCUT2D eigenvalue weighted by Crippen LogP contribution is 2.12. The van der Waals surface area contributed by atoms with Crippen molar-refractivity contribution < 1.29 is 72.5 Å². The van der Waals surface area contributed by atoms with Crippen molar-refractivity contribution in [3.63, 3.8) is 0 Å². The van der Waals surface area contributed by atoms with Gasteiger partial charge < -0.3 is 102 Å². The molecule has 0 radical (unpaired) electrons. The highest BCUT2D eigenvalue weighted by Gasteiger charge is 2.37. The van der Waals surface area contributed by atoms with Crippen LogP contribution in [0.25, 0.3) is 0 Å². The van der Waals surface area contributed by atoms with Crippen LogP contribution in [-0.4, -0.2) is 200 Å². The number of nitrogens with two attached hydrogens (primary N) is 5. The smallest absolute Gasteiger partial charge is 0.306 e. The van der Waals surface area contributed by atoms with Crippen LogP contribution in [0.4, 0.5) is 0 Å². The molecule has 0 spiro atoms. The molecule has 1 aliphatic heterocycles. The Labute approximate surface area is 501 Å². The Morgan fingerprint density at radius 1 is 0.593 bits per heavy atom. The minimum absolute atomic E-state index is 0.0343. The first-order chi connectivity index (χ1) is 40.8. The van der Waals surface area contributed by atoms with E-state index < -0.39 is 157 Å². The van der Waals surface area contributed by atoms with Gasteiger partial charge in [-0.15, -0.1) is 0 Å². The molecule has 86 heavy (non-hydrogen) atoms. The Hall–Kier alpha value is -7.42. The zero-order chi connectivity index (χ0) is 64.5. The molecule has 0 aromatic heterocycles. The number of carbonyl (C=O) groups excluding carboxylic acids is 12. The molecule has 23 N–H and O–H groups in total. The average Bonchev–Trinajstić information content (AvgIpc) is 3.67. The summed E-state index contributed by atoms with van der Waals surface area (Å²) in [6, 6.07) is -6.68. The molecule has 1 saturated heterocycles. The summed E-state index contributed by atoms with van der Waals surface area (Å²) in [5, 5.41) is 49.2. The molecular weight excluding hydrogens is 1120 g/mol. The van der Waals surface area contributed by atoms with E-state index in [1.54, 1.807) is 44.2 Å². The molecule has 12 atom stereocenters. The molecule has 2 rings (SSSR count). The fourth-order valence-corrected chi connectivity index (χ4v) is 8.76. The van der Waals surface area contributed by atoms with E-state index >= 15 is 0 Å². The van der Waals surface area contributed by atoms with Gasteiger partial charge in [0, 0.05) is 19.4 Å². The molecule has 1 unspecified atom stereocenters. The van der Waals surface area contributed by atoms with Gasteiger partial charge in [-0.05, 0) is 109 Å². The van der Waals surface area contributed by atoms with Crippen LogP contribution in [0.3, 0.4) is 0 Å². The zero-order valence-corrected chi connectivity index (χ0v) is 49.9. The van der Waals surface area contributed by atoms with Gasteiger partial charge in [-0.3, -0.25) is 57.5 Å². The standard InChI is InChI=1S/C55H94N16O15/c1-6-7-27-86-43(75)14-13-42(74)62-34(15-21-56)50(80)71-45(32(5)73)55(85)67-37(18-24-59)47(77)66-39-20-26-61-54(84)44(31(4)72)70-51(81)38(19-25-60)64-46(76)35(16-22-57)65-52(82)40(28-30(2)3)68-53(83)41(29-33-11-9-8-10-12-33)69-48(78)36(17-23-58)63-49(39)79/h8-12,30-32,34-41,44-45,72-73H,6-7,13-29,56-60H2,1-5H3,(H,61,84)(H,62,74)(H,63,79)(H,64,76)(H,65,82)(H,66,77)(H,67,85)(H,68,83)(H,69,78)(H,70,81)(H,71,80)/t31-,32?,34-,35-,36-,37-,38-,39-,40-,41+,44-,45-/m0/s1. The Bertz CT molecular complexity index is 2390. The van der Waals surface area contributed by atoms with Crippen molar-refractivity contribution in [2.24, 2.45) is 34.6 Å². The maximum atomic E-state index is 14.5. The van der Waals surface area contributed by atoms with E-state index in [2.05, 4.69) is 58.5 Å². The second kappa shape index (κ2) is 40.1. The first-order valence-electron chi connectivity index (χ1n) is 29.2. The van der Waals surface area contributed by atoms with Crippen LogP contribution < -0.4 is 87.2 Å². The Kier molecular flexibility index (Phi) is 34.8. The van der Waals surface area contributed by atoms with E-state index in [0.717, 1.165) is 13.3 Å². The van der Waals surface area contributed by atoms with Crippen LogP contribution in [0.1, 0.15) is 111 Å². The molecule has 0 bridgehead atoms. The quantitative estimate of drug-likeness (QED) is 0.0262. The Morgan fingerprint density at radius 3 is 1.60 bits per heavy atom. The molecule has 0 saturated carbocycles. The minimum Gasteiger partial charge on any atom is -0.466 e. The normalized spacial score (nSPS) is 22.3. The van der Waals surface area contributed by atoms with Crippen LogP contribution in [0.2, 0.25) is 0 Å². The van der Waals surface area contributed by atoms with Crippen LogP contribution in [0.5, 0.6) is 0 Å². The number of carbonyl (C=O) groups is 12. The van der Waals surface area contributed by atoms with E-state index in [4.69, 9.17) is 33.4 Å². The molecule has 1 aliphatic rings. The molecule has 1 heterocycles. The fraction of sp³-hybridized carbons (Fsp3) is 0.673. The summed E-state index contributed by atoms with van der Waals surface area (Å²) in [5.74, 6) is -11.2. The number of ether oxygens (including phenoxy) is 1. The van der Waals surface area contributed by atoms with Crippen LogP contribution >= 0.6 is 0 Å². The molecule has 1 aromatic carbocycles. The number of amides is 11. The summed E-state index contributed by atoms with van der Waals surface area (Å²) in [5.41, 5.74) is 29.8. The van der Waals surface area contributed by atoms with Crippen molar-refractivity contribution in [3.05, 3.63) is 35.9 Å². The molecule has 0 aliphatic carbocycles. The van der Waals surface area contributed by atoms with Crippen molar-refractivity contribution >= 4 is 70.9 Å². The molecular formula is C55H94N16O15. The highest BCUT2D eigenvalue weighted by atomic mass is 16.5. The van der Waals surface area contributed by atoms with Gasteiger partial charge in [0.2, 0.25) is 65.0 Å². The summed E-state index contributed by atoms with van der Waals surface area (Å²) in [4.78, 5) is 166. The predicted octanol–water partition coefficient (Wildman–Crippen LogP) is -6.73. The van der Waals surface area contributed by atoms with Crippen molar-refractivity contribution in [3.8, 4) is 0 Å². The molecule has 31 nitrogen and oxygen atoms in total. The van der Waals surface area contributed by atoms with E-state index in [0.29, 0.717) is 12.0 Å². The minimum atomic E-state index is -1.78.